The Hall–Kier alpha value is -1.28. The molecule has 8 heteroatoms. The van der Waals surface area contributed by atoms with E-state index in [1.165, 1.54) is 16.2 Å². The van der Waals surface area contributed by atoms with Crippen LogP contribution in [0.3, 0.4) is 0 Å². The molecule has 1 aliphatic heterocycles. The van der Waals surface area contributed by atoms with E-state index in [2.05, 4.69) is 5.32 Å². The van der Waals surface area contributed by atoms with Crippen molar-refractivity contribution in [1.29, 1.82) is 0 Å². The standard InChI is InChI=1S/C14H19F3N2O2S/c1-2-10(11-4-3-9-22-11)18-12(20)19-7-5-13(21,6-8-19)14(15,16)17/h3-4,9-10,21H,2,5-8H2,1H3,(H,18,20)/t10-/m0/s1. The molecule has 2 amide bonds. The number of halogens is 3. The number of piperidine rings is 1. The molecule has 0 spiro atoms. The number of carbonyl (C=O) groups excluding carboxylic acids is 1. The highest BCUT2D eigenvalue weighted by Crippen LogP contribution is 2.38. The number of rotatable bonds is 3. The van der Waals surface area contributed by atoms with Gasteiger partial charge in [0, 0.05) is 30.8 Å². The Kier molecular flexibility index (Phi) is 5.01. The molecule has 0 bridgehead atoms. The number of nitrogens with one attached hydrogen (secondary N) is 1. The van der Waals surface area contributed by atoms with Crippen molar-refractivity contribution in [2.45, 2.75) is 44.0 Å². The van der Waals surface area contributed by atoms with Crippen molar-refractivity contribution in [1.82, 2.24) is 10.2 Å². The van der Waals surface area contributed by atoms with E-state index in [9.17, 15) is 23.1 Å². The number of likely N-dealkylation sites (tertiary alicyclic amines) is 1. The first-order chi connectivity index (χ1) is 10.3. The molecule has 22 heavy (non-hydrogen) atoms. The lowest BCUT2D eigenvalue weighted by molar-refractivity contribution is -0.271. The van der Waals surface area contributed by atoms with Crippen LogP contribution in [-0.4, -0.2) is 40.9 Å². The van der Waals surface area contributed by atoms with E-state index in [0.29, 0.717) is 6.42 Å². The first-order valence-electron chi connectivity index (χ1n) is 7.15. The second-order valence-corrected chi connectivity index (χ2v) is 6.42. The van der Waals surface area contributed by atoms with Crippen LogP contribution in [-0.2, 0) is 0 Å². The Morgan fingerprint density at radius 3 is 2.59 bits per heavy atom. The van der Waals surface area contributed by atoms with E-state index >= 15 is 0 Å². The van der Waals surface area contributed by atoms with Crippen LogP contribution in [0.15, 0.2) is 17.5 Å². The second kappa shape index (κ2) is 6.45. The Bertz CT molecular complexity index is 497. The zero-order valence-electron chi connectivity index (χ0n) is 12.2. The first kappa shape index (κ1) is 17.1. The highest BCUT2D eigenvalue weighted by molar-refractivity contribution is 7.10. The monoisotopic (exact) mass is 336 g/mol. The fourth-order valence-corrected chi connectivity index (χ4v) is 3.33. The van der Waals surface area contributed by atoms with Gasteiger partial charge < -0.3 is 15.3 Å². The molecule has 2 rings (SSSR count). The van der Waals surface area contributed by atoms with Gasteiger partial charge in [-0.1, -0.05) is 13.0 Å². The quantitative estimate of drug-likeness (QED) is 0.890. The maximum absolute atomic E-state index is 12.7. The van der Waals surface area contributed by atoms with E-state index in [-0.39, 0.29) is 25.2 Å². The van der Waals surface area contributed by atoms with Gasteiger partial charge in [0.1, 0.15) is 0 Å². The molecular weight excluding hydrogens is 317 g/mol. The summed E-state index contributed by atoms with van der Waals surface area (Å²) in [6.07, 6.45) is -4.93. The highest BCUT2D eigenvalue weighted by atomic mass is 32.1. The number of hydrogen-bond donors (Lipinski definition) is 2. The number of carbonyl (C=O) groups is 1. The van der Waals surface area contributed by atoms with E-state index in [4.69, 9.17) is 0 Å². The Labute approximate surface area is 130 Å². The van der Waals surface area contributed by atoms with Gasteiger partial charge >= 0.3 is 12.2 Å². The minimum Gasteiger partial charge on any atom is -0.380 e. The topological polar surface area (TPSA) is 52.6 Å². The smallest absolute Gasteiger partial charge is 0.380 e. The zero-order chi connectivity index (χ0) is 16.4. The Morgan fingerprint density at radius 1 is 1.50 bits per heavy atom. The van der Waals surface area contributed by atoms with E-state index < -0.39 is 24.6 Å². The van der Waals surface area contributed by atoms with Gasteiger partial charge in [0.05, 0.1) is 6.04 Å². The average molecular weight is 336 g/mol. The van der Waals surface area contributed by atoms with E-state index in [0.717, 1.165) is 4.88 Å². The van der Waals surface area contributed by atoms with Gasteiger partial charge in [0.15, 0.2) is 5.60 Å². The molecule has 1 saturated heterocycles. The molecule has 1 atom stereocenters. The van der Waals surface area contributed by atoms with Gasteiger partial charge in [-0.3, -0.25) is 0 Å². The molecule has 1 aromatic rings. The second-order valence-electron chi connectivity index (χ2n) is 5.44. The van der Waals surface area contributed by atoms with Crippen LogP contribution in [0.1, 0.15) is 37.1 Å². The third-order valence-electron chi connectivity index (χ3n) is 4.00. The normalized spacial score (nSPS) is 19.8. The van der Waals surface area contributed by atoms with Crippen molar-refractivity contribution in [3.63, 3.8) is 0 Å². The molecule has 2 N–H and O–H groups in total. The molecular formula is C14H19F3N2O2S. The van der Waals surface area contributed by atoms with Gasteiger partial charge in [-0.15, -0.1) is 11.3 Å². The summed E-state index contributed by atoms with van der Waals surface area (Å²) in [5, 5.41) is 14.4. The molecule has 1 fully saturated rings. The highest BCUT2D eigenvalue weighted by Gasteiger charge is 2.54. The molecule has 0 saturated carbocycles. The van der Waals surface area contributed by atoms with Crippen LogP contribution < -0.4 is 5.32 Å². The number of thiophene rings is 1. The summed E-state index contributed by atoms with van der Waals surface area (Å²) < 4.78 is 38.2. The van der Waals surface area contributed by atoms with Crippen molar-refractivity contribution in [2.75, 3.05) is 13.1 Å². The predicted molar refractivity (Wildman–Crippen MR) is 77.7 cm³/mol. The minimum absolute atomic E-state index is 0.108. The fraction of sp³-hybridized carbons (Fsp3) is 0.643. The van der Waals surface area contributed by atoms with Gasteiger partial charge in [-0.2, -0.15) is 13.2 Å². The summed E-state index contributed by atoms with van der Waals surface area (Å²) in [4.78, 5) is 14.5. The Morgan fingerprint density at radius 2 is 2.14 bits per heavy atom. The lowest BCUT2D eigenvalue weighted by Crippen LogP contribution is -2.56. The van der Waals surface area contributed by atoms with E-state index in [1.54, 1.807) is 0 Å². The summed E-state index contributed by atoms with van der Waals surface area (Å²) in [6, 6.07) is 3.28. The minimum atomic E-state index is -4.65. The van der Waals surface area contributed by atoms with Crippen LogP contribution in [0.4, 0.5) is 18.0 Å². The number of alkyl halides is 3. The van der Waals surface area contributed by atoms with E-state index in [1.807, 2.05) is 24.4 Å². The van der Waals surface area contributed by atoms with Gasteiger partial charge in [-0.25, -0.2) is 4.79 Å². The molecule has 1 aromatic heterocycles. The van der Waals surface area contributed by atoms with Crippen LogP contribution in [0.5, 0.6) is 0 Å². The van der Waals surface area contributed by atoms with Crippen molar-refractivity contribution in [3.8, 4) is 0 Å². The molecule has 0 unspecified atom stereocenters. The molecule has 4 nitrogen and oxygen atoms in total. The first-order valence-corrected chi connectivity index (χ1v) is 8.03. The number of aliphatic hydroxyl groups is 1. The summed E-state index contributed by atoms with van der Waals surface area (Å²) in [5.41, 5.74) is -2.68. The summed E-state index contributed by atoms with van der Waals surface area (Å²) in [6.45, 7) is 1.72. The van der Waals surface area contributed by atoms with Gasteiger partial charge in [0.25, 0.3) is 0 Å². The van der Waals surface area contributed by atoms with Crippen LogP contribution in [0.25, 0.3) is 0 Å². The maximum atomic E-state index is 12.7. The van der Waals surface area contributed by atoms with Crippen molar-refractivity contribution in [3.05, 3.63) is 22.4 Å². The molecule has 0 radical (unpaired) electrons. The molecule has 1 aliphatic rings. The average Bonchev–Trinajstić information content (AvgIpc) is 2.98. The third-order valence-corrected chi connectivity index (χ3v) is 4.98. The number of urea groups is 1. The predicted octanol–water partition coefficient (Wildman–Crippen LogP) is 3.30. The SMILES string of the molecule is CC[C@H](NC(=O)N1CCC(O)(C(F)(F)F)CC1)c1cccs1. The molecule has 124 valence electrons. The summed E-state index contributed by atoms with van der Waals surface area (Å²) in [7, 11) is 0. The van der Waals surface area contributed by atoms with Gasteiger partial charge in [0.2, 0.25) is 0 Å². The molecule has 2 heterocycles. The Balaban J connectivity index is 1.93. The number of hydrogen-bond acceptors (Lipinski definition) is 3. The third kappa shape index (κ3) is 3.55. The summed E-state index contributed by atoms with van der Waals surface area (Å²) >= 11 is 1.53. The van der Waals surface area contributed by atoms with Crippen molar-refractivity contribution >= 4 is 17.4 Å². The maximum Gasteiger partial charge on any atom is 0.417 e. The van der Waals surface area contributed by atoms with Crippen LogP contribution in [0.2, 0.25) is 0 Å². The zero-order valence-corrected chi connectivity index (χ0v) is 13.0. The lowest BCUT2D eigenvalue weighted by atomic mass is 9.91. The summed E-state index contributed by atoms with van der Waals surface area (Å²) in [5.74, 6) is 0. The van der Waals surface area contributed by atoms with Crippen molar-refractivity contribution in [2.24, 2.45) is 0 Å². The number of nitrogens with zero attached hydrogens (tertiary/aromatic N) is 1. The molecule has 0 aliphatic carbocycles. The largest absolute Gasteiger partial charge is 0.417 e. The fourth-order valence-electron chi connectivity index (χ4n) is 2.47. The number of amides is 2. The molecule has 0 aromatic carbocycles. The van der Waals surface area contributed by atoms with Crippen LogP contribution >= 0.6 is 11.3 Å². The lowest BCUT2D eigenvalue weighted by Gasteiger charge is -2.39. The van der Waals surface area contributed by atoms with Gasteiger partial charge in [-0.05, 0) is 17.9 Å². The van der Waals surface area contributed by atoms with Crippen LogP contribution in [0, 0.1) is 0 Å². The van der Waals surface area contributed by atoms with Crippen molar-refractivity contribution < 1.29 is 23.1 Å².